The molecule has 0 amide bonds. The molecule has 24 heavy (non-hydrogen) atoms. The van der Waals surface area contributed by atoms with E-state index in [-0.39, 0.29) is 5.92 Å². The first-order valence-electron chi connectivity index (χ1n) is 8.53. The molecule has 0 bridgehead atoms. The van der Waals surface area contributed by atoms with Gasteiger partial charge in [-0.05, 0) is 42.7 Å². The largest absolute Gasteiger partial charge is 0.255 e. The number of hydrogen-bond acceptors (Lipinski definition) is 4. The van der Waals surface area contributed by atoms with Crippen LogP contribution in [0.4, 0.5) is 0 Å². The Morgan fingerprint density at radius 2 is 1.62 bits per heavy atom. The summed E-state index contributed by atoms with van der Waals surface area (Å²) >= 11 is 0. The zero-order chi connectivity index (χ0) is 16.8. The smallest absolute Gasteiger partial charge is 0.115 e. The summed E-state index contributed by atoms with van der Waals surface area (Å²) in [5.41, 5.74) is 4.84. The van der Waals surface area contributed by atoms with Crippen molar-refractivity contribution in [2.75, 3.05) is 0 Å². The van der Waals surface area contributed by atoms with Gasteiger partial charge in [-0.1, -0.05) is 38.5 Å². The van der Waals surface area contributed by atoms with Crippen LogP contribution >= 0.6 is 0 Å². The molecule has 0 saturated carbocycles. The molecule has 0 radical (unpaired) electrons. The summed E-state index contributed by atoms with van der Waals surface area (Å²) in [4.78, 5) is 8.96. The third-order valence-electron chi connectivity index (χ3n) is 4.07. The van der Waals surface area contributed by atoms with Crippen molar-refractivity contribution < 1.29 is 0 Å². The molecule has 1 aliphatic rings. The van der Waals surface area contributed by atoms with Crippen molar-refractivity contribution in [1.29, 1.82) is 0 Å². The van der Waals surface area contributed by atoms with Gasteiger partial charge < -0.3 is 0 Å². The van der Waals surface area contributed by atoms with Crippen LogP contribution in [0.5, 0.6) is 0 Å². The molecule has 2 aromatic rings. The fraction of sp³-hybridized carbons (Fsp3) is 0.300. The van der Waals surface area contributed by atoms with Crippen LogP contribution in [0.25, 0.3) is 0 Å². The predicted octanol–water partition coefficient (Wildman–Crippen LogP) is 4.44. The molecule has 122 valence electrons. The molecular weight excluding hydrogens is 296 g/mol. The Kier molecular flexibility index (Phi) is 5.26. The Labute approximate surface area is 143 Å². The lowest BCUT2D eigenvalue weighted by atomic mass is 9.83. The summed E-state index contributed by atoms with van der Waals surface area (Å²) in [7, 11) is 0. The molecule has 4 heteroatoms. The van der Waals surface area contributed by atoms with E-state index in [0.29, 0.717) is 0 Å². The first-order chi connectivity index (χ1) is 11.8. The molecule has 3 rings (SSSR count). The second kappa shape index (κ2) is 7.77. The average Bonchev–Trinajstić information content (AvgIpc) is 2.65. The lowest BCUT2D eigenvalue weighted by Gasteiger charge is -2.25. The van der Waals surface area contributed by atoms with Crippen LogP contribution in [0.2, 0.25) is 0 Å². The molecule has 4 nitrogen and oxygen atoms in total. The van der Waals surface area contributed by atoms with Gasteiger partial charge in [0.05, 0.1) is 17.1 Å². The van der Waals surface area contributed by atoms with E-state index in [0.717, 1.165) is 42.1 Å². The zero-order valence-corrected chi connectivity index (χ0v) is 14.2. The van der Waals surface area contributed by atoms with Crippen molar-refractivity contribution in [2.24, 2.45) is 16.1 Å². The molecule has 3 heterocycles. The normalized spacial score (nSPS) is 19.1. The average molecular weight is 318 g/mol. The third kappa shape index (κ3) is 3.32. The topological polar surface area (TPSA) is 50.5 Å². The Morgan fingerprint density at radius 3 is 2.21 bits per heavy atom. The second-order valence-electron chi connectivity index (χ2n) is 5.77. The molecule has 0 aliphatic carbocycles. The van der Waals surface area contributed by atoms with Crippen LogP contribution in [0.3, 0.4) is 0 Å². The van der Waals surface area contributed by atoms with Gasteiger partial charge in [0.1, 0.15) is 5.71 Å². The highest BCUT2D eigenvalue weighted by atomic mass is 15.2. The van der Waals surface area contributed by atoms with Gasteiger partial charge in [0, 0.05) is 18.3 Å². The summed E-state index contributed by atoms with van der Waals surface area (Å²) < 4.78 is 0. The van der Waals surface area contributed by atoms with E-state index in [1.165, 1.54) is 5.57 Å². The van der Waals surface area contributed by atoms with Gasteiger partial charge in [-0.15, -0.1) is 5.10 Å². The maximum atomic E-state index is 4.55. The third-order valence-corrected chi connectivity index (χ3v) is 4.07. The summed E-state index contributed by atoms with van der Waals surface area (Å²) in [5.74, 6) is 0.208. The van der Waals surface area contributed by atoms with E-state index >= 15 is 0 Å². The fourth-order valence-electron chi connectivity index (χ4n) is 3.03. The molecular formula is C20H22N4. The minimum absolute atomic E-state index is 0.208. The molecule has 0 N–H and O–H groups in total. The SMILES string of the molecule is CC/C=C1/C(c2ccccn2)=NN=C(c2ccccn2)C1CCC. The van der Waals surface area contributed by atoms with Gasteiger partial charge in [-0.3, -0.25) is 9.97 Å². The summed E-state index contributed by atoms with van der Waals surface area (Å²) in [6.07, 6.45) is 8.92. The lowest BCUT2D eigenvalue weighted by molar-refractivity contribution is 0.693. The van der Waals surface area contributed by atoms with E-state index in [1.54, 1.807) is 6.20 Å². The molecule has 1 atom stereocenters. The highest BCUT2D eigenvalue weighted by molar-refractivity contribution is 6.19. The Balaban J connectivity index is 2.11. The van der Waals surface area contributed by atoms with Crippen LogP contribution in [0.15, 0.2) is 70.6 Å². The Hall–Kier alpha value is -2.62. The molecule has 0 saturated heterocycles. The number of rotatable bonds is 5. The zero-order valence-electron chi connectivity index (χ0n) is 14.2. The predicted molar refractivity (Wildman–Crippen MR) is 98.3 cm³/mol. The van der Waals surface area contributed by atoms with Crippen molar-refractivity contribution in [3.05, 3.63) is 71.8 Å². The van der Waals surface area contributed by atoms with Crippen LogP contribution in [-0.4, -0.2) is 21.4 Å². The maximum Gasteiger partial charge on any atom is 0.115 e. The van der Waals surface area contributed by atoms with Gasteiger partial charge in [-0.25, -0.2) is 0 Å². The van der Waals surface area contributed by atoms with Gasteiger partial charge >= 0.3 is 0 Å². The summed E-state index contributed by atoms with van der Waals surface area (Å²) in [6, 6.07) is 11.8. The fourth-order valence-corrected chi connectivity index (χ4v) is 3.03. The minimum atomic E-state index is 0.208. The van der Waals surface area contributed by atoms with E-state index in [4.69, 9.17) is 0 Å². The van der Waals surface area contributed by atoms with Crippen molar-refractivity contribution in [1.82, 2.24) is 9.97 Å². The number of nitrogens with zero attached hydrogens (tertiary/aromatic N) is 4. The van der Waals surface area contributed by atoms with E-state index in [2.05, 4.69) is 40.1 Å². The molecule has 1 aliphatic heterocycles. The van der Waals surface area contributed by atoms with Crippen LogP contribution in [0.1, 0.15) is 44.5 Å². The van der Waals surface area contributed by atoms with E-state index in [9.17, 15) is 0 Å². The molecule has 1 unspecified atom stereocenters. The van der Waals surface area contributed by atoms with Gasteiger partial charge in [0.2, 0.25) is 0 Å². The quantitative estimate of drug-likeness (QED) is 0.818. The lowest BCUT2D eigenvalue weighted by Crippen LogP contribution is -2.27. The Bertz CT molecular complexity index is 761. The number of hydrogen-bond donors (Lipinski definition) is 0. The highest BCUT2D eigenvalue weighted by Gasteiger charge is 2.29. The Morgan fingerprint density at radius 1 is 0.917 bits per heavy atom. The second-order valence-corrected chi connectivity index (χ2v) is 5.77. The van der Waals surface area contributed by atoms with Gasteiger partial charge in [0.25, 0.3) is 0 Å². The molecule has 0 spiro atoms. The number of aromatic nitrogens is 2. The summed E-state index contributed by atoms with van der Waals surface area (Å²) in [6.45, 7) is 4.35. The van der Waals surface area contributed by atoms with Crippen LogP contribution in [-0.2, 0) is 0 Å². The molecule has 0 fully saturated rings. The van der Waals surface area contributed by atoms with E-state index in [1.807, 2.05) is 42.6 Å². The van der Waals surface area contributed by atoms with E-state index < -0.39 is 0 Å². The van der Waals surface area contributed by atoms with Crippen LogP contribution in [0, 0.1) is 5.92 Å². The molecule has 2 aromatic heterocycles. The van der Waals surface area contributed by atoms with Gasteiger partial charge in [-0.2, -0.15) is 5.10 Å². The van der Waals surface area contributed by atoms with Crippen LogP contribution < -0.4 is 0 Å². The van der Waals surface area contributed by atoms with Crippen molar-refractivity contribution >= 4 is 11.4 Å². The highest BCUT2D eigenvalue weighted by Crippen LogP contribution is 2.29. The molecule has 0 aromatic carbocycles. The summed E-state index contributed by atoms with van der Waals surface area (Å²) in [5, 5.41) is 9.08. The number of allylic oxidation sites excluding steroid dienone is 2. The number of pyridine rings is 2. The van der Waals surface area contributed by atoms with Crippen molar-refractivity contribution in [3.8, 4) is 0 Å². The maximum absolute atomic E-state index is 4.55. The van der Waals surface area contributed by atoms with Gasteiger partial charge in [0.15, 0.2) is 0 Å². The standard InChI is InChI=1S/C20H22N4/c1-3-9-15-16(10-4-2)20(18-12-6-8-14-22-18)24-23-19(15)17-11-5-7-13-21-17/h5-9,11-14,16H,3-4,10H2,1-2H3/b15-9+. The first-order valence-corrected chi connectivity index (χ1v) is 8.53. The first kappa shape index (κ1) is 16.2. The van der Waals surface area contributed by atoms with Crippen molar-refractivity contribution in [2.45, 2.75) is 33.1 Å². The minimum Gasteiger partial charge on any atom is -0.255 e. The van der Waals surface area contributed by atoms with Crippen molar-refractivity contribution in [3.63, 3.8) is 0 Å². The monoisotopic (exact) mass is 318 g/mol.